The van der Waals surface area contributed by atoms with Crippen LogP contribution < -0.4 is 9.47 Å². The molecular formula is C16H18FNO3. The summed E-state index contributed by atoms with van der Waals surface area (Å²) in [4.78, 5) is 4.07. The first kappa shape index (κ1) is 14.1. The molecule has 1 unspecified atom stereocenters. The number of hydrogen-bond donors (Lipinski definition) is 0. The van der Waals surface area contributed by atoms with Gasteiger partial charge in [-0.2, -0.15) is 0 Å². The van der Waals surface area contributed by atoms with Gasteiger partial charge < -0.3 is 14.2 Å². The van der Waals surface area contributed by atoms with Gasteiger partial charge in [0, 0.05) is 24.3 Å². The smallest absolute Gasteiger partial charge is 0.153 e. The van der Waals surface area contributed by atoms with Crippen molar-refractivity contribution in [2.75, 3.05) is 20.3 Å². The molecule has 1 aliphatic heterocycles. The molecule has 1 aliphatic rings. The van der Waals surface area contributed by atoms with Crippen LogP contribution in [0, 0.1) is 5.82 Å². The van der Waals surface area contributed by atoms with E-state index in [9.17, 15) is 4.39 Å². The number of pyridine rings is 1. The van der Waals surface area contributed by atoms with E-state index in [-0.39, 0.29) is 11.6 Å². The lowest BCUT2D eigenvalue weighted by molar-refractivity contribution is -0.0107. The van der Waals surface area contributed by atoms with Gasteiger partial charge in [0.15, 0.2) is 5.82 Å². The molecule has 0 aliphatic carbocycles. The third-order valence-corrected chi connectivity index (χ3v) is 3.67. The highest BCUT2D eigenvalue weighted by atomic mass is 19.1. The molecule has 1 saturated heterocycles. The van der Waals surface area contributed by atoms with Crippen LogP contribution in [-0.4, -0.2) is 31.4 Å². The van der Waals surface area contributed by atoms with Crippen molar-refractivity contribution in [3.05, 3.63) is 30.2 Å². The van der Waals surface area contributed by atoms with Crippen molar-refractivity contribution in [2.24, 2.45) is 0 Å². The maximum atomic E-state index is 14.0. The minimum atomic E-state index is -0.413. The highest BCUT2D eigenvalue weighted by Crippen LogP contribution is 2.30. The summed E-state index contributed by atoms with van der Waals surface area (Å²) in [6.07, 6.45) is 4.93. The number of ether oxygens (including phenoxy) is 3. The molecular weight excluding hydrogens is 273 g/mol. The number of hydrogen-bond acceptors (Lipinski definition) is 4. The fourth-order valence-electron chi connectivity index (χ4n) is 2.53. The first-order chi connectivity index (χ1) is 10.3. The first-order valence-corrected chi connectivity index (χ1v) is 7.14. The molecule has 0 N–H and O–H groups in total. The van der Waals surface area contributed by atoms with Crippen molar-refractivity contribution in [3.8, 4) is 11.5 Å². The summed E-state index contributed by atoms with van der Waals surface area (Å²) in [6.45, 7) is 1.26. The quantitative estimate of drug-likeness (QED) is 0.866. The number of fused-ring (bicyclic) bond motifs is 1. The van der Waals surface area contributed by atoms with Gasteiger partial charge in [0.2, 0.25) is 0 Å². The molecule has 5 heteroatoms. The molecule has 1 fully saturated rings. The molecule has 21 heavy (non-hydrogen) atoms. The van der Waals surface area contributed by atoms with Gasteiger partial charge in [-0.25, -0.2) is 4.39 Å². The monoisotopic (exact) mass is 291 g/mol. The normalized spacial score (nSPS) is 18.7. The molecule has 2 heterocycles. The average Bonchev–Trinajstić information content (AvgIpc) is 2.54. The van der Waals surface area contributed by atoms with Crippen molar-refractivity contribution < 1.29 is 18.6 Å². The van der Waals surface area contributed by atoms with Crippen molar-refractivity contribution in [3.63, 3.8) is 0 Å². The van der Waals surface area contributed by atoms with Crippen LogP contribution in [0.15, 0.2) is 24.4 Å². The SMILES string of the molecule is COc1cc(F)c2nccc(OCC3CCCCO3)c2c1. The largest absolute Gasteiger partial charge is 0.497 e. The number of halogens is 1. The standard InChI is InChI=1S/C16H18FNO3/c1-19-12-8-13-15(5-6-18-16(13)14(17)9-12)21-10-11-4-2-3-7-20-11/h5-6,8-9,11H,2-4,7,10H2,1H3. The maximum absolute atomic E-state index is 14.0. The molecule has 112 valence electrons. The summed E-state index contributed by atoms with van der Waals surface area (Å²) in [5.74, 6) is 0.641. The van der Waals surface area contributed by atoms with Gasteiger partial charge in [-0.05, 0) is 31.4 Å². The average molecular weight is 291 g/mol. The first-order valence-electron chi connectivity index (χ1n) is 7.14. The summed E-state index contributed by atoms with van der Waals surface area (Å²) in [7, 11) is 1.51. The maximum Gasteiger partial charge on any atom is 0.153 e. The Balaban J connectivity index is 1.85. The second kappa shape index (κ2) is 6.26. The summed E-state index contributed by atoms with van der Waals surface area (Å²) >= 11 is 0. The molecule has 0 radical (unpaired) electrons. The Morgan fingerprint density at radius 3 is 3.05 bits per heavy atom. The van der Waals surface area contributed by atoms with E-state index in [1.54, 1.807) is 18.3 Å². The van der Waals surface area contributed by atoms with Crippen molar-refractivity contribution in [2.45, 2.75) is 25.4 Å². The van der Waals surface area contributed by atoms with Crippen LogP contribution in [0.5, 0.6) is 11.5 Å². The zero-order chi connectivity index (χ0) is 14.7. The van der Waals surface area contributed by atoms with Gasteiger partial charge in [0.1, 0.15) is 23.6 Å². The lowest BCUT2D eigenvalue weighted by Gasteiger charge is -2.23. The number of rotatable bonds is 4. The molecule has 0 bridgehead atoms. The number of benzene rings is 1. The van der Waals surface area contributed by atoms with Crippen LogP contribution in [0.25, 0.3) is 10.9 Å². The Hall–Kier alpha value is -1.88. The van der Waals surface area contributed by atoms with E-state index in [0.717, 1.165) is 25.9 Å². The molecule has 3 rings (SSSR count). The second-order valence-electron chi connectivity index (χ2n) is 5.11. The molecule has 1 atom stereocenters. The Labute approximate surface area is 122 Å². The number of aromatic nitrogens is 1. The van der Waals surface area contributed by atoms with E-state index in [0.29, 0.717) is 23.5 Å². The summed E-state index contributed by atoms with van der Waals surface area (Å²) < 4.78 is 30.6. The van der Waals surface area contributed by atoms with Crippen LogP contribution >= 0.6 is 0 Å². The van der Waals surface area contributed by atoms with Gasteiger partial charge in [-0.1, -0.05) is 0 Å². The van der Waals surface area contributed by atoms with E-state index < -0.39 is 5.82 Å². The lowest BCUT2D eigenvalue weighted by atomic mass is 10.1. The molecule has 0 spiro atoms. The van der Waals surface area contributed by atoms with E-state index in [1.807, 2.05) is 0 Å². The van der Waals surface area contributed by atoms with E-state index in [4.69, 9.17) is 14.2 Å². The van der Waals surface area contributed by atoms with E-state index in [1.165, 1.54) is 13.2 Å². The third-order valence-electron chi connectivity index (χ3n) is 3.67. The Morgan fingerprint density at radius 2 is 2.29 bits per heavy atom. The highest BCUT2D eigenvalue weighted by molar-refractivity contribution is 5.86. The molecule has 1 aromatic heterocycles. The summed E-state index contributed by atoms with van der Waals surface area (Å²) in [5.41, 5.74) is 0.290. The molecule has 4 nitrogen and oxygen atoms in total. The minimum absolute atomic E-state index is 0.109. The van der Waals surface area contributed by atoms with Crippen LogP contribution in [0.2, 0.25) is 0 Å². The van der Waals surface area contributed by atoms with Crippen LogP contribution in [-0.2, 0) is 4.74 Å². The van der Waals surface area contributed by atoms with Gasteiger partial charge in [0.25, 0.3) is 0 Å². The topological polar surface area (TPSA) is 40.6 Å². The van der Waals surface area contributed by atoms with Gasteiger partial charge in [-0.15, -0.1) is 0 Å². The second-order valence-corrected chi connectivity index (χ2v) is 5.11. The predicted octanol–water partition coefficient (Wildman–Crippen LogP) is 3.33. The highest BCUT2D eigenvalue weighted by Gasteiger charge is 2.16. The number of nitrogens with zero attached hydrogens (tertiary/aromatic N) is 1. The van der Waals surface area contributed by atoms with Gasteiger partial charge in [0.05, 0.1) is 13.2 Å². The number of methoxy groups -OCH3 is 1. The zero-order valence-corrected chi connectivity index (χ0v) is 12.0. The molecule has 0 amide bonds. The lowest BCUT2D eigenvalue weighted by Crippen LogP contribution is -2.25. The van der Waals surface area contributed by atoms with Crippen LogP contribution in [0.3, 0.4) is 0 Å². The van der Waals surface area contributed by atoms with E-state index >= 15 is 0 Å². The summed E-state index contributed by atoms with van der Waals surface area (Å²) in [6, 6.07) is 4.80. The fraction of sp³-hybridized carbons (Fsp3) is 0.438. The molecule has 2 aromatic rings. The molecule has 0 saturated carbocycles. The zero-order valence-electron chi connectivity index (χ0n) is 12.0. The Kier molecular flexibility index (Phi) is 4.20. The van der Waals surface area contributed by atoms with E-state index in [2.05, 4.69) is 4.98 Å². The van der Waals surface area contributed by atoms with Crippen molar-refractivity contribution in [1.82, 2.24) is 4.98 Å². The summed E-state index contributed by atoms with van der Waals surface area (Å²) in [5, 5.41) is 0.616. The van der Waals surface area contributed by atoms with Gasteiger partial charge in [-0.3, -0.25) is 4.98 Å². The molecule has 1 aromatic carbocycles. The fourth-order valence-corrected chi connectivity index (χ4v) is 2.53. The minimum Gasteiger partial charge on any atom is -0.497 e. The Bertz CT molecular complexity index is 626. The van der Waals surface area contributed by atoms with Crippen molar-refractivity contribution in [1.29, 1.82) is 0 Å². The van der Waals surface area contributed by atoms with Crippen LogP contribution in [0.4, 0.5) is 4.39 Å². The van der Waals surface area contributed by atoms with Crippen molar-refractivity contribution >= 4 is 10.9 Å². The third kappa shape index (κ3) is 3.08. The predicted molar refractivity (Wildman–Crippen MR) is 77.3 cm³/mol. The van der Waals surface area contributed by atoms with Gasteiger partial charge >= 0.3 is 0 Å². The van der Waals surface area contributed by atoms with Crippen LogP contribution in [0.1, 0.15) is 19.3 Å². The Morgan fingerprint density at radius 1 is 1.38 bits per heavy atom.